The molecule has 1 aromatic carbocycles. The van der Waals surface area contributed by atoms with E-state index in [4.69, 9.17) is 19.0 Å². The average Bonchev–Trinajstić information content (AvgIpc) is 2.81. The topological polar surface area (TPSA) is 94.7 Å². The lowest BCUT2D eigenvalue weighted by Gasteiger charge is -2.09. The fourth-order valence-electron chi connectivity index (χ4n) is 1.46. The second-order valence-electron chi connectivity index (χ2n) is 3.67. The van der Waals surface area contributed by atoms with Gasteiger partial charge >= 0.3 is 5.97 Å². The van der Waals surface area contributed by atoms with Crippen molar-refractivity contribution in [2.24, 2.45) is 0 Å². The van der Waals surface area contributed by atoms with Crippen LogP contribution in [0.4, 0.5) is 0 Å². The van der Waals surface area contributed by atoms with Crippen molar-refractivity contribution in [3.8, 4) is 11.5 Å². The third-order valence-electron chi connectivity index (χ3n) is 2.33. The van der Waals surface area contributed by atoms with E-state index >= 15 is 0 Å². The second kappa shape index (κ2) is 5.38. The zero-order valence-electron chi connectivity index (χ0n) is 10.4. The molecule has 1 heterocycles. The Labute approximate surface area is 108 Å². The van der Waals surface area contributed by atoms with Crippen molar-refractivity contribution >= 4 is 5.97 Å². The van der Waals surface area contributed by atoms with E-state index in [1.54, 1.807) is 6.92 Å². The second-order valence-corrected chi connectivity index (χ2v) is 3.67. The van der Waals surface area contributed by atoms with Gasteiger partial charge in [-0.1, -0.05) is 0 Å². The zero-order valence-corrected chi connectivity index (χ0v) is 10.4. The number of benzene rings is 1. The van der Waals surface area contributed by atoms with Crippen LogP contribution in [0.1, 0.15) is 22.1 Å². The number of hydrogen-bond donors (Lipinski definition) is 1. The van der Waals surface area contributed by atoms with Gasteiger partial charge in [-0.05, 0) is 18.2 Å². The molecule has 100 valence electrons. The number of methoxy groups -OCH3 is 1. The molecule has 0 aliphatic heterocycles. The minimum Gasteiger partial charge on any atom is -0.493 e. The summed E-state index contributed by atoms with van der Waals surface area (Å²) >= 11 is 0. The van der Waals surface area contributed by atoms with E-state index in [0.29, 0.717) is 23.3 Å². The van der Waals surface area contributed by atoms with Crippen molar-refractivity contribution in [1.82, 2.24) is 10.2 Å². The van der Waals surface area contributed by atoms with Crippen molar-refractivity contribution in [1.29, 1.82) is 0 Å². The van der Waals surface area contributed by atoms with Crippen LogP contribution in [-0.4, -0.2) is 28.4 Å². The van der Waals surface area contributed by atoms with Crippen LogP contribution in [0.5, 0.6) is 11.5 Å². The van der Waals surface area contributed by atoms with E-state index < -0.39 is 5.97 Å². The molecule has 0 aliphatic carbocycles. The summed E-state index contributed by atoms with van der Waals surface area (Å²) in [5.41, 5.74) is 0.109. The van der Waals surface area contributed by atoms with Crippen molar-refractivity contribution in [2.75, 3.05) is 7.11 Å². The summed E-state index contributed by atoms with van der Waals surface area (Å²) in [6.07, 6.45) is 0. The van der Waals surface area contributed by atoms with Crippen molar-refractivity contribution in [3.05, 3.63) is 35.5 Å². The largest absolute Gasteiger partial charge is 0.493 e. The molecular weight excluding hydrogens is 252 g/mol. The Morgan fingerprint density at radius 2 is 2.16 bits per heavy atom. The molecule has 0 aliphatic rings. The predicted octanol–water partition coefficient (Wildman–Crippen LogP) is 1.66. The number of carboxylic acids is 1. The third-order valence-corrected chi connectivity index (χ3v) is 2.33. The number of carboxylic acid groups (broad SMARTS) is 1. The van der Waals surface area contributed by atoms with Crippen molar-refractivity contribution in [3.63, 3.8) is 0 Å². The molecule has 0 saturated carbocycles. The molecule has 0 spiro atoms. The van der Waals surface area contributed by atoms with Crippen LogP contribution in [0, 0.1) is 6.92 Å². The van der Waals surface area contributed by atoms with Gasteiger partial charge in [0, 0.05) is 6.92 Å². The van der Waals surface area contributed by atoms with Crippen LogP contribution >= 0.6 is 0 Å². The summed E-state index contributed by atoms with van der Waals surface area (Å²) in [5.74, 6) is 0.436. The molecule has 1 N–H and O–H groups in total. The summed E-state index contributed by atoms with van der Waals surface area (Å²) in [6.45, 7) is 1.71. The Balaban J connectivity index is 2.17. The Kier molecular flexibility index (Phi) is 3.65. The first-order valence-corrected chi connectivity index (χ1v) is 5.43. The van der Waals surface area contributed by atoms with Gasteiger partial charge in [-0.15, -0.1) is 10.2 Å². The summed E-state index contributed by atoms with van der Waals surface area (Å²) in [6, 6.07) is 4.34. The quantitative estimate of drug-likeness (QED) is 0.877. The molecule has 19 heavy (non-hydrogen) atoms. The molecule has 0 bridgehead atoms. The minimum atomic E-state index is -1.04. The lowest BCUT2D eigenvalue weighted by molar-refractivity contribution is 0.0696. The first kappa shape index (κ1) is 12.9. The Morgan fingerprint density at radius 1 is 1.37 bits per heavy atom. The monoisotopic (exact) mass is 264 g/mol. The van der Waals surface area contributed by atoms with Gasteiger partial charge in [-0.3, -0.25) is 0 Å². The van der Waals surface area contributed by atoms with Crippen LogP contribution in [0.2, 0.25) is 0 Å². The maximum absolute atomic E-state index is 10.9. The number of aromatic carboxylic acids is 1. The lowest BCUT2D eigenvalue weighted by Crippen LogP contribution is -2.01. The summed E-state index contributed by atoms with van der Waals surface area (Å²) in [7, 11) is 1.47. The van der Waals surface area contributed by atoms with Gasteiger partial charge in [-0.25, -0.2) is 4.79 Å². The van der Waals surface area contributed by atoms with Gasteiger partial charge in [0.2, 0.25) is 5.89 Å². The molecule has 0 radical (unpaired) electrons. The van der Waals surface area contributed by atoms with E-state index in [0.717, 1.165) is 0 Å². The molecule has 7 nitrogen and oxygen atoms in total. The molecule has 2 rings (SSSR count). The highest BCUT2D eigenvalue weighted by Crippen LogP contribution is 2.28. The third kappa shape index (κ3) is 3.01. The fraction of sp³-hybridized carbons (Fsp3) is 0.250. The number of rotatable bonds is 5. The normalized spacial score (nSPS) is 10.2. The molecule has 0 amide bonds. The van der Waals surface area contributed by atoms with Crippen LogP contribution < -0.4 is 9.47 Å². The standard InChI is InChI=1S/C12H12N2O5/c1-7-13-14-11(19-7)6-18-10-5-8(12(15)16)3-4-9(10)17-2/h3-5H,6H2,1-2H3,(H,15,16). The van der Waals surface area contributed by atoms with Gasteiger partial charge in [0.15, 0.2) is 18.1 Å². The van der Waals surface area contributed by atoms with Crippen LogP contribution in [0.3, 0.4) is 0 Å². The van der Waals surface area contributed by atoms with Gasteiger partial charge < -0.3 is 19.0 Å². The SMILES string of the molecule is COc1ccc(C(=O)O)cc1OCc1nnc(C)o1. The molecular formula is C12H12N2O5. The van der Waals surface area contributed by atoms with E-state index in [1.165, 1.54) is 25.3 Å². The number of aromatic nitrogens is 2. The number of nitrogens with zero attached hydrogens (tertiary/aromatic N) is 2. The molecule has 0 atom stereocenters. The Hall–Kier alpha value is -2.57. The van der Waals surface area contributed by atoms with Crippen molar-refractivity contribution < 1.29 is 23.8 Å². The van der Waals surface area contributed by atoms with Crippen LogP contribution in [-0.2, 0) is 6.61 Å². The maximum atomic E-state index is 10.9. The number of aryl methyl sites for hydroxylation is 1. The highest BCUT2D eigenvalue weighted by molar-refractivity contribution is 5.88. The number of ether oxygens (including phenoxy) is 2. The van der Waals surface area contributed by atoms with Crippen LogP contribution in [0.25, 0.3) is 0 Å². The Morgan fingerprint density at radius 3 is 2.74 bits per heavy atom. The summed E-state index contributed by atoms with van der Waals surface area (Å²) < 4.78 is 15.7. The lowest BCUT2D eigenvalue weighted by atomic mass is 10.2. The molecule has 7 heteroatoms. The van der Waals surface area contributed by atoms with Gasteiger partial charge in [0.05, 0.1) is 12.7 Å². The molecule has 0 saturated heterocycles. The highest BCUT2D eigenvalue weighted by atomic mass is 16.5. The minimum absolute atomic E-state index is 0.0419. The average molecular weight is 264 g/mol. The fourth-order valence-corrected chi connectivity index (χ4v) is 1.46. The molecule has 2 aromatic rings. The predicted molar refractivity (Wildman–Crippen MR) is 63.3 cm³/mol. The van der Waals surface area contributed by atoms with Crippen LogP contribution in [0.15, 0.2) is 22.6 Å². The van der Waals surface area contributed by atoms with Gasteiger partial charge in [-0.2, -0.15) is 0 Å². The molecule has 0 unspecified atom stereocenters. The van der Waals surface area contributed by atoms with E-state index in [2.05, 4.69) is 10.2 Å². The summed E-state index contributed by atoms with van der Waals surface area (Å²) in [4.78, 5) is 10.9. The zero-order chi connectivity index (χ0) is 13.8. The number of hydrogen-bond acceptors (Lipinski definition) is 6. The maximum Gasteiger partial charge on any atom is 0.335 e. The van der Waals surface area contributed by atoms with E-state index in [9.17, 15) is 4.79 Å². The van der Waals surface area contributed by atoms with Gasteiger partial charge in [0.25, 0.3) is 5.89 Å². The molecule has 1 aromatic heterocycles. The Bertz CT molecular complexity index is 594. The first-order chi connectivity index (χ1) is 9.10. The van der Waals surface area contributed by atoms with Gasteiger partial charge in [0.1, 0.15) is 0 Å². The first-order valence-electron chi connectivity index (χ1n) is 5.43. The van der Waals surface area contributed by atoms with E-state index in [-0.39, 0.29) is 12.2 Å². The van der Waals surface area contributed by atoms with E-state index in [1.807, 2.05) is 0 Å². The highest BCUT2D eigenvalue weighted by Gasteiger charge is 2.11. The smallest absolute Gasteiger partial charge is 0.335 e. The summed E-state index contributed by atoms with van der Waals surface area (Å²) in [5, 5.41) is 16.4. The number of carbonyl (C=O) groups is 1. The molecule has 0 fully saturated rings. The van der Waals surface area contributed by atoms with Crippen molar-refractivity contribution in [2.45, 2.75) is 13.5 Å².